The fraction of sp³-hybridized carbons (Fsp3) is 0.385. The number of nitrogen functional groups attached to an aromatic ring is 1. The van der Waals surface area contributed by atoms with Crippen LogP contribution in [0.2, 0.25) is 0 Å². The van der Waals surface area contributed by atoms with Crippen molar-refractivity contribution in [2.24, 2.45) is 5.84 Å². The van der Waals surface area contributed by atoms with Crippen molar-refractivity contribution in [3.63, 3.8) is 0 Å². The lowest BCUT2D eigenvalue weighted by Crippen LogP contribution is -2.17. The molecule has 0 saturated heterocycles. The molecule has 2 aromatic heterocycles. The zero-order chi connectivity index (χ0) is 13.2. The number of hydrogen-bond donors (Lipinski definition) is 3. The molecule has 0 saturated carbocycles. The maximum Gasteiger partial charge on any atom is 0.145 e. The topological polar surface area (TPSA) is 75.9 Å². The van der Waals surface area contributed by atoms with Crippen LogP contribution < -0.4 is 16.6 Å². The summed E-state index contributed by atoms with van der Waals surface area (Å²) in [7, 11) is 0. The summed E-state index contributed by atoms with van der Waals surface area (Å²) in [6, 6.07) is 4.40. The predicted molar refractivity (Wildman–Crippen MR) is 78.2 cm³/mol. The quantitative estimate of drug-likeness (QED) is 0.593. The lowest BCUT2D eigenvalue weighted by atomic mass is 9.94. The highest BCUT2D eigenvalue weighted by Crippen LogP contribution is 2.35. The monoisotopic (exact) mass is 275 g/mol. The van der Waals surface area contributed by atoms with Crippen molar-refractivity contribution in [3.05, 3.63) is 33.8 Å². The van der Waals surface area contributed by atoms with Gasteiger partial charge in [0.1, 0.15) is 17.5 Å². The fourth-order valence-electron chi connectivity index (χ4n) is 2.53. The molecule has 0 spiro atoms. The number of hydrogen-bond acceptors (Lipinski definition) is 6. The lowest BCUT2D eigenvalue weighted by Gasteiger charge is -2.24. The Morgan fingerprint density at radius 3 is 3.05 bits per heavy atom. The second kappa shape index (κ2) is 5.14. The van der Waals surface area contributed by atoms with E-state index in [9.17, 15) is 0 Å². The number of rotatable bonds is 3. The van der Waals surface area contributed by atoms with Gasteiger partial charge in [0.15, 0.2) is 0 Å². The highest BCUT2D eigenvalue weighted by molar-refractivity contribution is 7.10. The van der Waals surface area contributed by atoms with Crippen LogP contribution in [0.1, 0.15) is 35.1 Å². The van der Waals surface area contributed by atoms with Crippen LogP contribution in [0.4, 0.5) is 11.6 Å². The van der Waals surface area contributed by atoms with Crippen LogP contribution in [0.3, 0.4) is 0 Å². The van der Waals surface area contributed by atoms with Crippen LogP contribution in [0.15, 0.2) is 17.5 Å². The van der Waals surface area contributed by atoms with Gasteiger partial charge in [-0.15, -0.1) is 11.3 Å². The Balaban J connectivity index is 1.85. The zero-order valence-corrected chi connectivity index (χ0v) is 11.6. The first-order valence-corrected chi connectivity index (χ1v) is 7.29. The summed E-state index contributed by atoms with van der Waals surface area (Å²) in [5.41, 5.74) is 3.98. The van der Waals surface area contributed by atoms with Gasteiger partial charge in [-0.1, -0.05) is 0 Å². The van der Waals surface area contributed by atoms with Crippen molar-refractivity contribution < 1.29 is 0 Å². The van der Waals surface area contributed by atoms with Crippen molar-refractivity contribution in [3.8, 4) is 0 Å². The highest BCUT2D eigenvalue weighted by Gasteiger charge is 2.21. The van der Waals surface area contributed by atoms with E-state index in [4.69, 9.17) is 5.84 Å². The molecule has 1 aliphatic rings. The van der Waals surface area contributed by atoms with Gasteiger partial charge >= 0.3 is 0 Å². The molecule has 3 rings (SSSR count). The van der Waals surface area contributed by atoms with Gasteiger partial charge in [-0.05, 0) is 43.2 Å². The molecule has 1 unspecified atom stereocenters. The van der Waals surface area contributed by atoms with Gasteiger partial charge in [-0.25, -0.2) is 15.8 Å². The molecule has 1 atom stereocenters. The van der Waals surface area contributed by atoms with Crippen molar-refractivity contribution in [2.45, 2.75) is 32.2 Å². The number of hydrazine groups is 1. The van der Waals surface area contributed by atoms with Crippen molar-refractivity contribution in [1.82, 2.24) is 9.97 Å². The van der Waals surface area contributed by atoms with E-state index >= 15 is 0 Å². The van der Waals surface area contributed by atoms with Gasteiger partial charge < -0.3 is 10.7 Å². The van der Waals surface area contributed by atoms with Crippen molar-refractivity contribution in [1.29, 1.82) is 0 Å². The van der Waals surface area contributed by atoms with Crippen LogP contribution in [-0.4, -0.2) is 9.97 Å². The number of nitrogens with one attached hydrogen (secondary N) is 2. The molecular weight excluding hydrogens is 258 g/mol. The van der Waals surface area contributed by atoms with Crippen molar-refractivity contribution in [2.75, 3.05) is 10.7 Å². The molecule has 0 aromatic carbocycles. The molecule has 2 aromatic rings. The Morgan fingerprint density at radius 1 is 1.37 bits per heavy atom. The van der Waals surface area contributed by atoms with Crippen LogP contribution in [0.5, 0.6) is 0 Å². The zero-order valence-electron chi connectivity index (χ0n) is 10.8. The minimum atomic E-state index is 0.343. The van der Waals surface area contributed by atoms with Crippen molar-refractivity contribution >= 4 is 23.0 Å². The summed E-state index contributed by atoms with van der Waals surface area (Å²) in [4.78, 5) is 10.1. The van der Waals surface area contributed by atoms with E-state index in [0.29, 0.717) is 17.7 Å². The maximum atomic E-state index is 5.41. The molecule has 0 fully saturated rings. The Bertz CT molecular complexity index is 580. The Morgan fingerprint density at radius 2 is 2.21 bits per heavy atom. The van der Waals surface area contributed by atoms with Gasteiger partial charge in [-0.2, -0.15) is 0 Å². The Labute approximate surface area is 116 Å². The van der Waals surface area contributed by atoms with E-state index < -0.39 is 0 Å². The van der Waals surface area contributed by atoms with Gasteiger partial charge in [0.05, 0.1) is 6.04 Å². The minimum absolute atomic E-state index is 0.343. The van der Waals surface area contributed by atoms with Gasteiger partial charge in [0.2, 0.25) is 0 Å². The van der Waals surface area contributed by atoms with Gasteiger partial charge in [-0.3, -0.25) is 0 Å². The molecule has 0 bridgehead atoms. The predicted octanol–water partition coefficient (Wildman–Crippen LogP) is 2.62. The van der Waals surface area contributed by atoms with Gasteiger partial charge in [0, 0.05) is 10.9 Å². The number of anilines is 2. The maximum absolute atomic E-state index is 5.41. The third-order valence-electron chi connectivity index (χ3n) is 3.36. The Hall–Kier alpha value is -1.66. The Kier molecular flexibility index (Phi) is 3.35. The first kappa shape index (κ1) is 12.4. The number of nitrogens with zero attached hydrogens (tertiary/aromatic N) is 2. The van der Waals surface area contributed by atoms with Crippen LogP contribution >= 0.6 is 11.3 Å². The van der Waals surface area contributed by atoms with Crippen LogP contribution in [0, 0.1) is 6.92 Å². The molecule has 6 heteroatoms. The third kappa shape index (κ3) is 2.54. The molecule has 5 nitrogen and oxygen atoms in total. The summed E-state index contributed by atoms with van der Waals surface area (Å²) in [5, 5.41) is 5.67. The number of aromatic nitrogens is 2. The summed E-state index contributed by atoms with van der Waals surface area (Å²) in [5.74, 6) is 7.58. The average Bonchev–Trinajstić information content (AvgIpc) is 2.87. The molecule has 19 heavy (non-hydrogen) atoms. The highest BCUT2D eigenvalue weighted by atomic mass is 32.1. The average molecular weight is 275 g/mol. The molecule has 0 amide bonds. The largest absolute Gasteiger partial charge is 0.363 e. The van der Waals surface area contributed by atoms with E-state index in [2.05, 4.69) is 32.2 Å². The normalized spacial score (nSPS) is 17.9. The summed E-state index contributed by atoms with van der Waals surface area (Å²) >= 11 is 1.85. The van der Waals surface area contributed by atoms with E-state index in [1.807, 2.05) is 24.3 Å². The molecule has 0 radical (unpaired) electrons. The van der Waals surface area contributed by atoms with Crippen LogP contribution in [-0.2, 0) is 6.42 Å². The molecule has 2 heterocycles. The molecule has 1 aliphatic carbocycles. The number of fused-ring (bicyclic) bond motifs is 1. The first-order valence-electron chi connectivity index (χ1n) is 6.41. The number of nitrogens with two attached hydrogens (primary N) is 1. The van der Waals surface area contributed by atoms with E-state index in [0.717, 1.165) is 12.2 Å². The first-order chi connectivity index (χ1) is 9.26. The summed E-state index contributed by atoms with van der Waals surface area (Å²) in [6.07, 6.45) is 3.55. The fourth-order valence-corrected chi connectivity index (χ4v) is 3.52. The van der Waals surface area contributed by atoms with Gasteiger partial charge in [0.25, 0.3) is 0 Å². The third-order valence-corrected chi connectivity index (χ3v) is 4.36. The van der Waals surface area contributed by atoms with E-state index in [1.165, 1.54) is 23.3 Å². The lowest BCUT2D eigenvalue weighted by molar-refractivity contribution is 0.606. The molecular formula is C13H17N5S. The summed E-state index contributed by atoms with van der Waals surface area (Å²) in [6.45, 7) is 1.86. The number of aryl methyl sites for hydroxylation is 2. The standard InChI is InChI=1S/C13H17N5S/c1-8-15-12(7-13(16-8)18-14)17-10-3-2-4-11-9(10)5-6-19-11/h5-7,10H,2-4,14H2,1H3,(H2,15,16,17,18). The minimum Gasteiger partial charge on any atom is -0.363 e. The summed E-state index contributed by atoms with van der Waals surface area (Å²) < 4.78 is 0. The molecule has 100 valence electrons. The smallest absolute Gasteiger partial charge is 0.145 e. The second-order valence-corrected chi connectivity index (χ2v) is 5.72. The van der Waals surface area contributed by atoms with E-state index in [1.54, 1.807) is 0 Å². The SMILES string of the molecule is Cc1nc(NN)cc(NC2CCCc3sccc32)n1. The number of thiophene rings is 1. The van der Waals surface area contributed by atoms with E-state index in [-0.39, 0.29) is 0 Å². The van der Waals surface area contributed by atoms with Crippen LogP contribution in [0.25, 0.3) is 0 Å². The molecule has 0 aliphatic heterocycles. The second-order valence-electron chi connectivity index (χ2n) is 4.72. The molecule has 4 N–H and O–H groups in total.